The van der Waals surface area contributed by atoms with Crippen LogP contribution < -0.4 is 0 Å². The van der Waals surface area contributed by atoms with Crippen molar-refractivity contribution >= 4 is 12.1 Å². The molecule has 19 heavy (non-hydrogen) atoms. The summed E-state index contributed by atoms with van der Waals surface area (Å²) >= 11 is 0. The first kappa shape index (κ1) is 14.9. The molecule has 1 N–H and O–H groups in total. The predicted octanol–water partition coefficient (Wildman–Crippen LogP) is 0.843. The van der Waals surface area contributed by atoms with Crippen molar-refractivity contribution in [2.24, 2.45) is 0 Å². The average Bonchev–Trinajstić information content (AvgIpc) is 2.71. The molecule has 0 saturated carbocycles. The Morgan fingerprint density at radius 2 is 2.11 bits per heavy atom. The van der Waals surface area contributed by atoms with Gasteiger partial charge in [-0.15, -0.1) is 0 Å². The second kappa shape index (κ2) is 5.68. The monoisotopic (exact) mass is 270 g/mol. The van der Waals surface area contributed by atoms with Crippen LogP contribution in [0.5, 0.6) is 0 Å². The number of nitrogens with zero attached hydrogens (tertiary/aromatic N) is 4. The molecule has 106 valence electrons. The standard InChI is InChI=1S/C11H18N4O4/c1-11(2,3)19-10(18)14(4)5-6-15-8(9(16)17)12-7-13-15/h7H,5-6H2,1-4H3,(H,16,17). The molecule has 1 rings (SSSR count). The highest BCUT2D eigenvalue weighted by Crippen LogP contribution is 2.09. The molecule has 0 atom stereocenters. The van der Waals surface area contributed by atoms with E-state index in [-0.39, 0.29) is 18.9 Å². The molecule has 0 bridgehead atoms. The number of amides is 1. The molecule has 0 spiro atoms. The Morgan fingerprint density at radius 3 is 2.63 bits per heavy atom. The number of hydrogen-bond donors (Lipinski definition) is 1. The van der Waals surface area contributed by atoms with Crippen LogP contribution in [-0.4, -0.2) is 56.0 Å². The van der Waals surface area contributed by atoms with Crippen molar-refractivity contribution < 1.29 is 19.4 Å². The second-order valence-corrected chi connectivity index (χ2v) is 5.01. The van der Waals surface area contributed by atoms with Crippen LogP contribution in [0, 0.1) is 0 Å². The fraction of sp³-hybridized carbons (Fsp3) is 0.636. The lowest BCUT2D eigenvalue weighted by Crippen LogP contribution is -2.36. The number of hydrogen-bond acceptors (Lipinski definition) is 5. The van der Waals surface area contributed by atoms with Gasteiger partial charge in [0.15, 0.2) is 0 Å². The van der Waals surface area contributed by atoms with E-state index in [0.29, 0.717) is 0 Å². The lowest BCUT2D eigenvalue weighted by atomic mass is 10.2. The van der Waals surface area contributed by atoms with E-state index in [1.165, 1.54) is 9.58 Å². The summed E-state index contributed by atoms with van der Waals surface area (Å²) in [5, 5.41) is 12.6. The quantitative estimate of drug-likeness (QED) is 0.870. The summed E-state index contributed by atoms with van der Waals surface area (Å²) in [6, 6.07) is 0. The van der Waals surface area contributed by atoms with Crippen LogP contribution in [0.1, 0.15) is 31.4 Å². The molecule has 8 heteroatoms. The predicted molar refractivity (Wildman–Crippen MR) is 65.8 cm³/mol. The van der Waals surface area contributed by atoms with Gasteiger partial charge < -0.3 is 14.7 Å². The lowest BCUT2D eigenvalue weighted by Gasteiger charge is -2.24. The molecule has 0 aliphatic heterocycles. The van der Waals surface area contributed by atoms with Crippen molar-refractivity contribution in [2.75, 3.05) is 13.6 Å². The Morgan fingerprint density at radius 1 is 1.47 bits per heavy atom. The molecule has 0 aliphatic rings. The first-order chi connectivity index (χ1) is 8.70. The van der Waals surface area contributed by atoms with Crippen LogP contribution in [0.2, 0.25) is 0 Å². The van der Waals surface area contributed by atoms with Crippen molar-refractivity contribution in [1.82, 2.24) is 19.7 Å². The Hall–Kier alpha value is -2.12. The molecular formula is C11H18N4O4. The van der Waals surface area contributed by atoms with E-state index in [1.807, 2.05) is 0 Å². The first-order valence-corrected chi connectivity index (χ1v) is 5.76. The van der Waals surface area contributed by atoms with Gasteiger partial charge in [-0.25, -0.2) is 19.3 Å². The van der Waals surface area contributed by atoms with Gasteiger partial charge in [0.25, 0.3) is 0 Å². The molecule has 1 aromatic rings. The van der Waals surface area contributed by atoms with Gasteiger partial charge in [-0.05, 0) is 20.8 Å². The zero-order chi connectivity index (χ0) is 14.6. The van der Waals surface area contributed by atoms with Crippen molar-refractivity contribution in [3.63, 3.8) is 0 Å². The molecule has 0 saturated heterocycles. The molecule has 8 nitrogen and oxygen atoms in total. The highest BCUT2D eigenvalue weighted by Gasteiger charge is 2.20. The van der Waals surface area contributed by atoms with Crippen molar-refractivity contribution in [3.05, 3.63) is 12.2 Å². The lowest BCUT2D eigenvalue weighted by molar-refractivity contribution is 0.0292. The molecular weight excluding hydrogens is 252 g/mol. The maximum atomic E-state index is 11.7. The minimum absolute atomic E-state index is 0.155. The number of rotatable bonds is 4. The third-order valence-corrected chi connectivity index (χ3v) is 2.16. The number of likely N-dealkylation sites (N-methyl/N-ethyl adjacent to an activating group) is 1. The van der Waals surface area contributed by atoms with Crippen LogP contribution in [0.15, 0.2) is 6.33 Å². The molecule has 0 fully saturated rings. The number of aromatic nitrogens is 3. The first-order valence-electron chi connectivity index (χ1n) is 5.76. The number of carboxylic acid groups (broad SMARTS) is 1. The minimum atomic E-state index is -1.16. The number of carbonyl (C=O) groups is 2. The summed E-state index contributed by atoms with van der Waals surface area (Å²) in [6.07, 6.45) is 0.696. The summed E-state index contributed by atoms with van der Waals surface area (Å²) < 4.78 is 6.40. The second-order valence-electron chi connectivity index (χ2n) is 5.01. The largest absolute Gasteiger partial charge is 0.475 e. The Balaban J connectivity index is 2.54. The van der Waals surface area contributed by atoms with Gasteiger partial charge in [0.2, 0.25) is 5.82 Å². The number of ether oxygens (including phenoxy) is 1. The smallest absolute Gasteiger partial charge is 0.410 e. The summed E-state index contributed by atoms with van der Waals surface area (Å²) in [5.41, 5.74) is -0.565. The van der Waals surface area contributed by atoms with Crippen molar-refractivity contribution in [1.29, 1.82) is 0 Å². The summed E-state index contributed by atoms with van der Waals surface area (Å²) in [7, 11) is 1.57. The third-order valence-electron chi connectivity index (χ3n) is 2.16. The normalized spacial score (nSPS) is 11.2. The van der Waals surface area contributed by atoms with Gasteiger partial charge in [-0.3, -0.25) is 0 Å². The molecule has 1 amide bonds. The van der Waals surface area contributed by atoms with Crippen molar-refractivity contribution in [2.45, 2.75) is 32.9 Å². The fourth-order valence-electron chi connectivity index (χ4n) is 1.27. The van der Waals surface area contributed by atoms with Crippen molar-refractivity contribution in [3.8, 4) is 0 Å². The minimum Gasteiger partial charge on any atom is -0.475 e. The summed E-state index contributed by atoms with van der Waals surface area (Å²) in [5.74, 6) is -1.31. The Labute approximate surface area is 111 Å². The van der Waals surface area contributed by atoms with Crippen LogP contribution >= 0.6 is 0 Å². The molecule has 1 heterocycles. The topological polar surface area (TPSA) is 97.5 Å². The molecule has 0 radical (unpaired) electrons. The summed E-state index contributed by atoms with van der Waals surface area (Å²) in [4.78, 5) is 27.5. The maximum absolute atomic E-state index is 11.7. The summed E-state index contributed by atoms with van der Waals surface area (Å²) in [6.45, 7) is 5.84. The zero-order valence-electron chi connectivity index (χ0n) is 11.5. The van der Waals surface area contributed by atoms with Crippen LogP contribution in [0.25, 0.3) is 0 Å². The fourth-order valence-corrected chi connectivity index (χ4v) is 1.27. The Kier molecular flexibility index (Phi) is 4.47. The van der Waals surface area contributed by atoms with Gasteiger partial charge in [-0.2, -0.15) is 5.10 Å². The van der Waals surface area contributed by atoms with Gasteiger partial charge in [-0.1, -0.05) is 0 Å². The highest BCUT2D eigenvalue weighted by molar-refractivity contribution is 5.83. The number of carbonyl (C=O) groups excluding carboxylic acids is 1. The van der Waals surface area contributed by atoms with Gasteiger partial charge >= 0.3 is 12.1 Å². The highest BCUT2D eigenvalue weighted by atomic mass is 16.6. The average molecular weight is 270 g/mol. The van der Waals surface area contributed by atoms with E-state index in [9.17, 15) is 9.59 Å². The third kappa shape index (κ3) is 4.57. The van der Waals surface area contributed by atoms with Gasteiger partial charge in [0.1, 0.15) is 11.9 Å². The van der Waals surface area contributed by atoms with E-state index in [2.05, 4.69) is 10.1 Å². The SMILES string of the molecule is CN(CCn1ncnc1C(=O)O)C(=O)OC(C)(C)C. The van der Waals surface area contributed by atoms with Gasteiger partial charge in [0.05, 0.1) is 6.54 Å². The van der Waals surface area contributed by atoms with Crippen LogP contribution in [0.3, 0.4) is 0 Å². The Bertz CT molecular complexity index is 464. The van der Waals surface area contributed by atoms with Gasteiger partial charge in [0, 0.05) is 13.6 Å². The maximum Gasteiger partial charge on any atom is 0.410 e. The van der Waals surface area contributed by atoms with E-state index >= 15 is 0 Å². The van der Waals surface area contributed by atoms with Crippen LogP contribution in [0.4, 0.5) is 4.79 Å². The number of carboxylic acids is 1. The molecule has 1 aromatic heterocycles. The van der Waals surface area contributed by atoms with E-state index in [0.717, 1.165) is 6.33 Å². The molecule has 0 aliphatic carbocycles. The zero-order valence-corrected chi connectivity index (χ0v) is 11.5. The van der Waals surface area contributed by atoms with E-state index in [1.54, 1.807) is 27.8 Å². The molecule has 0 unspecified atom stereocenters. The number of aromatic carboxylic acids is 1. The van der Waals surface area contributed by atoms with Crippen LogP contribution in [-0.2, 0) is 11.3 Å². The molecule has 0 aromatic carbocycles. The van der Waals surface area contributed by atoms with E-state index in [4.69, 9.17) is 9.84 Å². The van der Waals surface area contributed by atoms with E-state index < -0.39 is 17.7 Å².